The van der Waals surface area contributed by atoms with E-state index in [9.17, 15) is 4.79 Å². The lowest BCUT2D eigenvalue weighted by atomic mass is 10.1. The summed E-state index contributed by atoms with van der Waals surface area (Å²) >= 11 is 11.5. The van der Waals surface area contributed by atoms with E-state index in [2.05, 4.69) is 10.3 Å². The van der Waals surface area contributed by atoms with Crippen LogP contribution in [-0.2, 0) is 5.88 Å². The maximum atomic E-state index is 12.1. The van der Waals surface area contributed by atoms with Crippen molar-refractivity contribution in [2.24, 2.45) is 0 Å². The highest BCUT2D eigenvalue weighted by molar-refractivity contribution is 6.29. The molecule has 19 heavy (non-hydrogen) atoms. The number of carbonyl (C=O) groups is 1. The zero-order valence-electron chi connectivity index (χ0n) is 10.3. The Morgan fingerprint density at radius 2 is 2.16 bits per heavy atom. The number of carbonyl (C=O) groups excluding carboxylic acids is 1. The number of alkyl halides is 1. The highest BCUT2D eigenvalue weighted by atomic mass is 35.5. The van der Waals surface area contributed by atoms with Gasteiger partial charge in [-0.25, -0.2) is 4.98 Å². The summed E-state index contributed by atoms with van der Waals surface area (Å²) in [6.45, 7) is 1.86. The minimum Gasteiger partial charge on any atom is -0.320 e. The third-order valence-corrected chi connectivity index (χ3v) is 3.18. The molecule has 5 heteroatoms. The van der Waals surface area contributed by atoms with E-state index in [-0.39, 0.29) is 5.91 Å². The molecule has 1 amide bonds. The van der Waals surface area contributed by atoms with Gasteiger partial charge in [-0.2, -0.15) is 0 Å². The van der Waals surface area contributed by atoms with Gasteiger partial charge in [-0.3, -0.25) is 4.79 Å². The highest BCUT2D eigenvalue weighted by Crippen LogP contribution is 2.18. The number of hydrogen-bond donors (Lipinski definition) is 1. The van der Waals surface area contributed by atoms with Gasteiger partial charge >= 0.3 is 0 Å². The van der Waals surface area contributed by atoms with Gasteiger partial charge in [0.05, 0.1) is 11.9 Å². The van der Waals surface area contributed by atoms with Gasteiger partial charge in [0, 0.05) is 11.4 Å². The van der Waals surface area contributed by atoms with Gasteiger partial charge in [0.2, 0.25) is 0 Å². The van der Waals surface area contributed by atoms with Crippen molar-refractivity contribution in [2.45, 2.75) is 12.8 Å². The maximum Gasteiger partial charge on any atom is 0.255 e. The van der Waals surface area contributed by atoms with Crippen molar-refractivity contribution in [3.05, 3.63) is 58.4 Å². The van der Waals surface area contributed by atoms with E-state index >= 15 is 0 Å². The Bertz CT molecular complexity index is 614. The molecule has 0 aliphatic rings. The van der Waals surface area contributed by atoms with Crippen molar-refractivity contribution >= 4 is 34.8 Å². The van der Waals surface area contributed by atoms with Gasteiger partial charge in [-0.1, -0.05) is 23.7 Å². The number of aromatic nitrogens is 1. The van der Waals surface area contributed by atoms with Gasteiger partial charge < -0.3 is 5.32 Å². The Balaban J connectivity index is 2.20. The summed E-state index contributed by atoms with van der Waals surface area (Å²) in [6, 6.07) is 8.88. The van der Waals surface area contributed by atoms with Crippen LogP contribution in [0.4, 0.5) is 5.69 Å². The van der Waals surface area contributed by atoms with Crippen LogP contribution in [0.25, 0.3) is 0 Å². The fourth-order valence-electron chi connectivity index (χ4n) is 1.64. The second-order valence-electron chi connectivity index (χ2n) is 4.11. The van der Waals surface area contributed by atoms with Crippen LogP contribution in [0.15, 0.2) is 36.5 Å². The van der Waals surface area contributed by atoms with Gasteiger partial charge in [-0.15, -0.1) is 11.6 Å². The molecular formula is C14H12Cl2N2O. The number of rotatable bonds is 3. The molecule has 0 fully saturated rings. The third-order valence-electron chi connectivity index (χ3n) is 2.67. The number of anilines is 1. The first-order valence-corrected chi connectivity index (χ1v) is 6.60. The molecule has 2 aromatic rings. The molecule has 1 aromatic heterocycles. The van der Waals surface area contributed by atoms with E-state index < -0.39 is 0 Å². The van der Waals surface area contributed by atoms with Crippen molar-refractivity contribution in [1.82, 2.24) is 4.98 Å². The van der Waals surface area contributed by atoms with Gasteiger partial charge in [0.15, 0.2) is 0 Å². The van der Waals surface area contributed by atoms with Crippen LogP contribution >= 0.6 is 23.2 Å². The number of aryl methyl sites for hydroxylation is 1. The smallest absolute Gasteiger partial charge is 0.255 e. The molecule has 0 spiro atoms. The molecule has 0 aliphatic heterocycles. The maximum absolute atomic E-state index is 12.1. The molecule has 0 saturated heterocycles. The zero-order valence-corrected chi connectivity index (χ0v) is 11.8. The molecule has 3 nitrogen and oxygen atoms in total. The van der Waals surface area contributed by atoms with Gasteiger partial charge in [-0.05, 0) is 36.2 Å². The summed E-state index contributed by atoms with van der Waals surface area (Å²) in [5, 5.41) is 3.20. The summed E-state index contributed by atoms with van der Waals surface area (Å²) in [4.78, 5) is 16.1. The molecular weight excluding hydrogens is 283 g/mol. The molecule has 98 valence electrons. The SMILES string of the molecule is Cc1cc(Cl)ncc1NC(=O)c1cccc(CCl)c1. The molecule has 2 rings (SSSR count). The first kappa shape index (κ1) is 13.8. The van der Waals surface area contributed by atoms with Crippen LogP contribution < -0.4 is 5.32 Å². The average Bonchev–Trinajstić information content (AvgIpc) is 2.42. The first-order chi connectivity index (χ1) is 9.10. The van der Waals surface area contributed by atoms with E-state index in [1.54, 1.807) is 30.5 Å². The minimum absolute atomic E-state index is 0.195. The van der Waals surface area contributed by atoms with E-state index in [4.69, 9.17) is 23.2 Å². The van der Waals surface area contributed by atoms with E-state index in [0.717, 1.165) is 11.1 Å². The van der Waals surface area contributed by atoms with Crippen molar-refractivity contribution in [2.75, 3.05) is 5.32 Å². The van der Waals surface area contributed by atoms with Gasteiger partial charge in [0.25, 0.3) is 5.91 Å². The number of pyridine rings is 1. The number of hydrogen-bond acceptors (Lipinski definition) is 2. The number of amides is 1. The molecule has 0 aliphatic carbocycles. The van der Waals surface area contributed by atoms with E-state index in [1.807, 2.05) is 13.0 Å². The van der Waals surface area contributed by atoms with Crippen molar-refractivity contribution in [1.29, 1.82) is 0 Å². The molecule has 1 N–H and O–H groups in total. The van der Waals surface area contributed by atoms with Crippen LogP contribution in [0.2, 0.25) is 5.15 Å². The number of benzene rings is 1. The molecule has 1 aromatic carbocycles. The zero-order chi connectivity index (χ0) is 13.8. The van der Waals surface area contributed by atoms with Crippen LogP contribution in [0.5, 0.6) is 0 Å². The van der Waals surface area contributed by atoms with Crippen molar-refractivity contribution in [3.8, 4) is 0 Å². The lowest BCUT2D eigenvalue weighted by Crippen LogP contribution is -2.13. The molecule has 0 saturated carbocycles. The van der Waals surface area contributed by atoms with Crippen LogP contribution in [0.1, 0.15) is 21.5 Å². The number of halogens is 2. The van der Waals surface area contributed by atoms with Gasteiger partial charge in [0.1, 0.15) is 5.15 Å². The monoisotopic (exact) mass is 294 g/mol. The second kappa shape index (κ2) is 6.04. The Morgan fingerprint density at radius 1 is 1.37 bits per heavy atom. The predicted octanol–water partition coefficient (Wildman–Crippen LogP) is 4.03. The quantitative estimate of drug-likeness (QED) is 0.686. The van der Waals surface area contributed by atoms with Crippen LogP contribution in [-0.4, -0.2) is 10.9 Å². The second-order valence-corrected chi connectivity index (χ2v) is 4.76. The molecule has 0 radical (unpaired) electrons. The first-order valence-electron chi connectivity index (χ1n) is 5.68. The van der Waals surface area contributed by atoms with Crippen molar-refractivity contribution < 1.29 is 4.79 Å². The van der Waals surface area contributed by atoms with Crippen molar-refractivity contribution in [3.63, 3.8) is 0 Å². The topological polar surface area (TPSA) is 42.0 Å². The summed E-state index contributed by atoms with van der Waals surface area (Å²) < 4.78 is 0. The Hall–Kier alpha value is -1.58. The molecule has 0 unspecified atom stereocenters. The predicted molar refractivity (Wildman–Crippen MR) is 77.9 cm³/mol. The Morgan fingerprint density at radius 3 is 2.84 bits per heavy atom. The third kappa shape index (κ3) is 3.46. The standard InChI is InChI=1S/C14H12Cl2N2O/c1-9-5-13(16)17-8-12(9)18-14(19)11-4-2-3-10(6-11)7-15/h2-6,8H,7H2,1H3,(H,18,19). The minimum atomic E-state index is -0.195. The molecule has 0 atom stereocenters. The summed E-state index contributed by atoms with van der Waals surface area (Å²) in [7, 11) is 0. The lowest BCUT2D eigenvalue weighted by molar-refractivity contribution is 0.102. The highest BCUT2D eigenvalue weighted by Gasteiger charge is 2.08. The molecule has 1 heterocycles. The summed E-state index contributed by atoms with van der Waals surface area (Å²) in [6.07, 6.45) is 1.54. The van der Waals surface area contributed by atoms with Crippen LogP contribution in [0.3, 0.4) is 0 Å². The summed E-state index contributed by atoms with van der Waals surface area (Å²) in [5.74, 6) is 0.182. The Kier molecular flexibility index (Phi) is 4.40. The molecule has 0 bridgehead atoms. The average molecular weight is 295 g/mol. The van der Waals surface area contributed by atoms with Crippen LogP contribution in [0, 0.1) is 6.92 Å². The van der Waals surface area contributed by atoms with E-state index in [1.165, 1.54) is 0 Å². The largest absolute Gasteiger partial charge is 0.320 e. The Labute approximate surface area is 121 Å². The fraction of sp³-hybridized carbons (Fsp3) is 0.143. The lowest BCUT2D eigenvalue weighted by Gasteiger charge is -2.08. The fourth-order valence-corrected chi connectivity index (χ4v) is 2.02. The number of nitrogens with zero attached hydrogens (tertiary/aromatic N) is 1. The summed E-state index contributed by atoms with van der Waals surface area (Å²) in [5.41, 5.74) is 2.97. The normalized spacial score (nSPS) is 10.3. The van der Waals surface area contributed by atoms with E-state index in [0.29, 0.717) is 22.3 Å². The number of nitrogens with one attached hydrogen (secondary N) is 1.